The van der Waals surface area contributed by atoms with Crippen LogP contribution in [0.25, 0.3) is 0 Å². The van der Waals surface area contributed by atoms with Crippen LogP contribution in [0.2, 0.25) is 0 Å². The van der Waals surface area contributed by atoms with Crippen molar-refractivity contribution in [2.45, 2.75) is 238 Å². The molecule has 4 N–H and O–H groups in total. The van der Waals surface area contributed by atoms with E-state index in [2.05, 4.69) is 41.7 Å². The lowest BCUT2D eigenvalue weighted by Gasteiger charge is -2.21. The molecule has 1 aromatic rings. The predicted molar refractivity (Wildman–Crippen MR) is 247 cm³/mol. The van der Waals surface area contributed by atoms with E-state index >= 15 is 0 Å². The predicted octanol–water partition coefficient (Wildman–Crippen LogP) is 10.0. The number of rotatable bonds is 43. The van der Waals surface area contributed by atoms with E-state index in [0.717, 1.165) is 64.2 Å². The van der Waals surface area contributed by atoms with Crippen molar-refractivity contribution < 1.29 is 38.9 Å². The summed E-state index contributed by atoms with van der Waals surface area (Å²) in [4.78, 5) is 52.4. The molecule has 0 spiro atoms. The number of esters is 2. The molecule has 14 heteroatoms. The first-order valence-electron chi connectivity index (χ1n) is 24.4. The van der Waals surface area contributed by atoms with Crippen LogP contribution >= 0.6 is 11.8 Å². The molecule has 0 unspecified atom stereocenters. The summed E-state index contributed by atoms with van der Waals surface area (Å²) in [5.74, 6) is -0.787. The Labute approximate surface area is 373 Å². The molecule has 1 aromatic heterocycles. The minimum atomic E-state index is -1.03. The van der Waals surface area contributed by atoms with Crippen LogP contribution in [0.4, 0.5) is 5.82 Å². The second-order valence-electron chi connectivity index (χ2n) is 16.8. The topological polar surface area (TPSA) is 182 Å². The van der Waals surface area contributed by atoms with Gasteiger partial charge in [0.25, 0.3) is 0 Å². The molecule has 0 fully saturated rings. The number of hydrogen-bond acceptors (Lipinski definition) is 11. The maximum Gasteiger partial charge on any atom is 0.306 e. The number of thioether (sulfide) groups is 1. The van der Waals surface area contributed by atoms with Gasteiger partial charge in [-0.1, -0.05) is 180 Å². The van der Waals surface area contributed by atoms with E-state index in [1.807, 2.05) is 0 Å². The maximum absolute atomic E-state index is 13.6. The molecule has 1 heterocycles. The molecule has 0 aliphatic heterocycles. The van der Waals surface area contributed by atoms with Crippen molar-refractivity contribution in [3.8, 4) is 0 Å². The molecule has 0 saturated heterocycles. The highest BCUT2D eigenvalue weighted by atomic mass is 32.2. The van der Waals surface area contributed by atoms with E-state index in [-0.39, 0.29) is 48.3 Å². The zero-order valence-corrected chi connectivity index (χ0v) is 39.5. The van der Waals surface area contributed by atoms with Crippen LogP contribution in [-0.2, 0) is 35.2 Å². The molecule has 1 rings (SSSR count). The minimum Gasteiger partial charge on any atom is -0.462 e. The molecular formula is C47H87N5O8S. The van der Waals surface area contributed by atoms with E-state index in [4.69, 9.17) is 9.47 Å². The Balaban J connectivity index is 2.81. The van der Waals surface area contributed by atoms with Gasteiger partial charge < -0.3 is 30.3 Å². The van der Waals surface area contributed by atoms with Gasteiger partial charge in [-0.05, 0) is 19.3 Å². The number of aromatic nitrogens is 3. The molecular weight excluding hydrogens is 795 g/mol. The Morgan fingerprint density at radius 2 is 1.11 bits per heavy atom. The fourth-order valence-electron chi connectivity index (χ4n) is 7.07. The van der Waals surface area contributed by atoms with Gasteiger partial charge in [-0.15, -0.1) is 5.10 Å². The molecule has 0 saturated carbocycles. The van der Waals surface area contributed by atoms with Gasteiger partial charge in [0, 0.05) is 30.8 Å². The molecule has 0 aliphatic carbocycles. The number of hydrogen-bond donors (Lipinski definition) is 4. The molecule has 61 heavy (non-hydrogen) atoms. The van der Waals surface area contributed by atoms with E-state index in [9.17, 15) is 29.4 Å². The Bertz CT molecular complexity index is 1240. The highest BCUT2D eigenvalue weighted by molar-refractivity contribution is 7.99. The number of amides is 2. The third kappa shape index (κ3) is 33.5. The largest absolute Gasteiger partial charge is 0.462 e. The van der Waals surface area contributed by atoms with Gasteiger partial charge in [0.1, 0.15) is 18.8 Å². The number of anilines is 1. The molecule has 0 aromatic carbocycles. The summed E-state index contributed by atoms with van der Waals surface area (Å²) in [6.45, 7) is 6.13. The second-order valence-corrected chi connectivity index (χ2v) is 17.9. The summed E-state index contributed by atoms with van der Waals surface area (Å²) in [5.41, 5.74) is 0. The first-order chi connectivity index (χ1) is 29.7. The minimum absolute atomic E-state index is 0.00285. The molecule has 0 radical (unpaired) electrons. The van der Waals surface area contributed by atoms with E-state index in [0.29, 0.717) is 19.3 Å². The molecule has 2 amide bonds. The van der Waals surface area contributed by atoms with Gasteiger partial charge in [0.15, 0.2) is 5.82 Å². The van der Waals surface area contributed by atoms with Crippen LogP contribution in [0.5, 0.6) is 0 Å². The summed E-state index contributed by atoms with van der Waals surface area (Å²) >= 11 is 1.33. The highest BCUT2D eigenvalue weighted by Crippen LogP contribution is 2.17. The number of unbranched alkanes of at least 4 members (excludes halogenated alkanes) is 24. The Morgan fingerprint density at radius 1 is 0.656 bits per heavy atom. The van der Waals surface area contributed by atoms with Crippen molar-refractivity contribution in [2.24, 2.45) is 0 Å². The van der Waals surface area contributed by atoms with Crippen molar-refractivity contribution in [3.63, 3.8) is 0 Å². The van der Waals surface area contributed by atoms with Crippen LogP contribution in [0.3, 0.4) is 0 Å². The number of nitrogens with one attached hydrogen (secondary N) is 2. The number of aliphatic hydroxyl groups is 2. The van der Waals surface area contributed by atoms with Gasteiger partial charge in [-0.3, -0.25) is 19.2 Å². The van der Waals surface area contributed by atoms with Crippen LogP contribution in [0.1, 0.15) is 213 Å². The number of carbonyl (C=O) groups is 4. The molecule has 354 valence electrons. The zero-order chi connectivity index (χ0) is 44.6. The summed E-state index contributed by atoms with van der Waals surface area (Å²) in [5, 5.41) is 32.4. The number of ether oxygens (including phenoxy) is 2. The fraction of sp³-hybridized carbons (Fsp3) is 0.872. The Kier molecular flexibility index (Phi) is 37.0. The summed E-state index contributed by atoms with van der Waals surface area (Å²) in [6, 6.07) is -0.934. The van der Waals surface area contributed by atoms with Gasteiger partial charge in [0.05, 0.1) is 25.5 Å². The van der Waals surface area contributed by atoms with Crippen molar-refractivity contribution in [3.05, 3.63) is 6.20 Å². The summed E-state index contributed by atoms with van der Waals surface area (Å²) < 4.78 is 12.8. The number of nitrogens with zero attached hydrogens (tertiary/aromatic N) is 3. The van der Waals surface area contributed by atoms with E-state index in [1.165, 1.54) is 132 Å². The van der Waals surface area contributed by atoms with Crippen molar-refractivity contribution in [1.29, 1.82) is 0 Å². The van der Waals surface area contributed by atoms with Crippen molar-refractivity contribution in [1.82, 2.24) is 20.3 Å². The van der Waals surface area contributed by atoms with E-state index in [1.54, 1.807) is 0 Å². The zero-order valence-electron chi connectivity index (χ0n) is 38.7. The average molecular weight is 882 g/mol. The third-order valence-corrected chi connectivity index (χ3v) is 12.0. The molecule has 13 nitrogen and oxygen atoms in total. The third-order valence-electron chi connectivity index (χ3n) is 10.8. The fourth-order valence-corrected chi connectivity index (χ4v) is 8.11. The monoisotopic (exact) mass is 882 g/mol. The van der Waals surface area contributed by atoms with E-state index < -0.39 is 30.8 Å². The SMILES string of the molecule is CCCCCCCCCCCC(=O)N[C@H](CSC[C@@H](COC(=O)CCCCCCCCCCC)OC(=O)CCCCCCCCCCC)C(=O)Nc1cn(C[C@@H](O)CO)nn1. The van der Waals surface area contributed by atoms with Crippen LogP contribution in [-0.4, -0.2) is 91.9 Å². The first-order valence-corrected chi connectivity index (χ1v) is 25.6. The van der Waals surface area contributed by atoms with Crippen LogP contribution < -0.4 is 10.6 Å². The smallest absolute Gasteiger partial charge is 0.306 e. The van der Waals surface area contributed by atoms with Crippen molar-refractivity contribution >= 4 is 41.3 Å². The number of aliphatic hydroxyl groups excluding tert-OH is 2. The lowest BCUT2D eigenvalue weighted by atomic mass is 10.1. The Hall–Kier alpha value is -2.71. The van der Waals surface area contributed by atoms with Crippen molar-refractivity contribution in [2.75, 3.05) is 30.0 Å². The first kappa shape index (κ1) is 56.3. The lowest BCUT2D eigenvalue weighted by molar-refractivity contribution is -0.157. The summed E-state index contributed by atoms with van der Waals surface area (Å²) in [7, 11) is 0. The van der Waals surface area contributed by atoms with Crippen LogP contribution in [0, 0.1) is 0 Å². The summed E-state index contributed by atoms with van der Waals surface area (Å²) in [6.07, 6.45) is 31.3. The quantitative estimate of drug-likeness (QED) is 0.0362. The van der Waals surface area contributed by atoms with Crippen LogP contribution in [0.15, 0.2) is 6.20 Å². The average Bonchev–Trinajstić information content (AvgIpc) is 3.69. The lowest BCUT2D eigenvalue weighted by Crippen LogP contribution is -2.45. The highest BCUT2D eigenvalue weighted by Gasteiger charge is 2.24. The van der Waals surface area contributed by atoms with Gasteiger partial charge in [0.2, 0.25) is 11.8 Å². The standard InChI is InChI=1S/C47H87N5O8S/c1-4-7-10-13-16-19-22-25-28-31-44(55)48-42(47(58)49-43-35-52(51-50-43)34-40(54)36-53)39-61-38-41(60-46(57)33-30-27-24-21-18-15-12-9-6-3)37-59-45(56)32-29-26-23-20-17-14-11-8-5-2/h35,40-42,53-54H,4-34,36-39H2,1-3H3,(H,48,55)(H,49,58)/t40-,41-,42-/m1/s1. The molecule has 3 atom stereocenters. The molecule has 0 aliphatic rings. The number of carbonyl (C=O) groups excluding carboxylic acids is 4. The normalized spacial score (nSPS) is 12.8. The van der Waals surface area contributed by atoms with Gasteiger partial charge in [-0.25, -0.2) is 4.68 Å². The van der Waals surface area contributed by atoms with Gasteiger partial charge in [-0.2, -0.15) is 11.8 Å². The molecule has 0 bridgehead atoms. The Morgan fingerprint density at radius 3 is 1.61 bits per heavy atom. The maximum atomic E-state index is 13.6. The van der Waals surface area contributed by atoms with Gasteiger partial charge >= 0.3 is 11.9 Å². The second kappa shape index (κ2) is 40.1.